The number of benzene rings is 2. The summed E-state index contributed by atoms with van der Waals surface area (Å²) in [4.78, 5) is 24.6. The first kappa shape index (κ1) is 15.6. The second-order valence-corrected chi connectivity index (χ2v) is 5.99. The van der Waals surface area contributed by atoms with Crippen LogP contribution in [-0.4, -0.2) is 11.6 Å². The molecule has 118 valence electrons. The van der Waals surface area contributed by atoms with Crippen LogP contribution >= 0.6 is 0 Å². The Balaban J connectivity index is 2.07. The molecular weight excluding hydrogens is 291 g/mol. The summed E-state index contributed by atoms with van der Waals surface area (Å²) < 4.78 is 13.1. The average Bonchev–Trinajstić information content (AvgIpc) is 2.55. The number of aryl methyl sites for hydroxylation is 1. The first-order valence-electron chi connectivity index (χ1n) is 8.04. The molecule has 23 heavy (non-hydrogen) atoms. The van der Waals surface area contributed by atoms with E-state index in [4.69, 9.17) is 0 Å². The van der Waals surface area contributed by atoms with Crippen molar-refractivity contribution in [3.63, 3.8) is 0 Å². The third kappa shape index (κ3) is 3.09. The predicted octanol–water partition coefficient (Wildman–Crippen LogP) is 4.46. The molecule has 2 nitrogen and oxygen atoms in total. The van der Waals surface area contributed by atoms with Crippen LogP contribution in [0.2, 0.25) is 0 Å². The van der Waals surface area contributed by atoms with Gasteiger partial charge in [-0.2, -0.15) is 0 Å². The van der Waals surface area contributed by atoms with Gasteiger partial charge in [0.15, 0.2) is 0 Å². The zero-order chi connectivity index (χ0) is 16.4. The average molecular weight is 310 g/mol. The molecule has 0 radical (unpaired) electrons. The van der Waals surface area contributed by atoms with Gasteiger partial charge in [0.25, 0.3) is 0 Å². The van der Waals surface area contributed by atoms with Gasteiger partial charge < -0.3 is 0 Å². The van der Waals surface area contributed by atoms with Gasteiger partial charge >= 0.3 is 0 Å². The van der Waals surface area contributed by atoms with Crippen LogP contribution in [-0.2, 0) is 16.0 Å². The number of carbonyl (C=O) groups is 2. The van der Waals surface area contributed by atoms with Crippen molar-refractivity contribution in [2.75, 3.05) is 0 Å². The summed E-state index contributed by atoms with van der Waals surface area (Å²) in [6, 6.07) is 12.1. The first-order chi connectivity index (χ1) is 11.1. The fraction of sp³-hybridized carbons (Fsp3) is 0.300. The topological polar surface area (TPSA) is 34.1 Å². The van der Waals surface area contributed by atoms with Crippen molar-refractivity contribution in [1.82, 2.24) is 0 Å². The van der Waals surface area contributed by atoms with Gasteiger partial charge in [-0.1, -0.05) is 31.2 Å². The van der Waals surface area contributed by atoms with E-state index in [0.29, 0.717) is 19.3 Å². The van der Waals surface area contributed by atoms with Crippen LogP contribution in [0.4, 0.5) is 4.39 Å². The van der Waals surface area contributed by atoms with Crippen molar-refractivity contribution in [3.05, 3.63) is 59.4 Å². The van der Waals surface area contributed by atoms with Gasteiger partial charge in [-0.05, 0) is 53.3 Å². The molecule has 0 saturated heterocycles. The Kier molecular flexibility index (Phi) is 4.37. The van der Waals surface area contributed by atoms with Gasteiger partial charge in [0.05, 0.1) is 0 Å². The predicted molar refractivity (Wildman–Crippen MR) is 87.8 cm³/mol. The third-order valence-electron chi connectivity index (χ3n) is 4.51. The second-order valence-electron chi connectivity index (χ2n) is 5.99. The summed E-state index contributed by atoms with van der Waals surface area (Å²) in [5.74, 6) is -0.865. The number of rotatable bonds is 3. The number of carbonyl (C=O) groups excluding carboxylic acids is 2. The van der Waals surface area contributed by atoms with Gasteiger partial charge in [0, 0.05) is 12.8 Å². The zero-order valence-corrected chi connectivity index (χ0v) is 13.1. The van der Waals surface area contributed by atoms with Gasteiger partial charge in [0.1, 0.15) is 23.3 Å². The van der Waals surface area contributed by atoms with Crippen molar-refractivity contribution in [2.24, 2.45) is 0 Å². The quantitative estimate of drug-likeness (QED) is 0.784. The van der Waals surface area contributed by atoms with E-state index in [1.807, 2.05) is 25.1 Å². The number of Topliss-reactive ketones (excluding diaryl/α,β-unsaturated/α-hetero) is 2. The molecule has 1 aliphatic carbocycles. The van der Waals surface area contributed by atoms with Crippen molar-refractivity contribution in [3.8, 4) is 11.1 Å². The van der Waals surface area contributed by atoms with Gasteiger partial charge in [-0.15, -0.1) is 0 Å². The molecule has 2 aromatic carbocycles. The Morgan fingerprint density at radius 1 is 0.957 bits per heavy atom. The van der Waals surface area contributed by atoms with E-state index in [2.05, 4.69) is 0 Å². The van der Waals surface area contributed by atoms with Crippen LogP contribution < -0.4 is 0 Å². The number of ketones is 2. The molecular formula is C20H19FO2. The number of hydrogen-bond donors (Lipinski definition) is 0. The summed E-state index contributed by atoms with van der Waals surface area (Å²) in [5, 5.41) is 0. The molecule has 0 bridgehead atoms. The molecule has 0 atom stereocenters. The summed E-state index contributed by atoms with van der Waals surface area (Å²) in [6.07, 6.45) is 2.38. The summed E-state index contributed by atoms with van der Waals surface area (Å²) >= 11 is 0. The molecule has 0 amide bonds. The zero-order valence-electron chi connectivity index (χ0n) is 13.1. The standard InChI is InChI=1S/C20H19FO2/c1-2-13-6-7-15(14-8-10-16(21)11-9-14)12-17(13)20-18(22)4-3-5-19(20)23/h6-12,20H,2-5H2,1H3. The lowest BCUT2D eigenvalue weighted by Crippen LogP contribution is -2.27. The molecule has 3 rings (SSSR count). The molecule has 1 saturated carbocycles. The maximum Gasteiger partial charge on any atom is 0.147 e. The minimum absolute atomic E-state index is 0.0206. The van der Waals surface area contributed by atoms with Crippen LogP contribution in [0.15, 0.2) is 42.5 Å². The molecule has 1 aliphatic rings. The Labute approximate surface area is 135 Å². The van der Waals surface area contributed by atoms with Crippen LogP contribution in [0, 0.1) is 5.82 Å². The van der Waals surface area contributed by atoms with E-state index in [1.165, 1.54) is 12.1 Å². The van der Waals surface area contributed by atoms with Crippen molar-refractivity contribution < 1.29 is 14.0 Å². The summed E-state index contributed by atoms with van der Waals surface area (Å²) in [6.45, 7) is 2.02. The van der Waals surface area contributed by atoms with Crippen LogP contribution in [0.5, 0.6) is 0 Å². The smallest absolute Gasteiger partial charge is 0.147 e. The minimum atomic E-state index is -0.626. The normalized spacial score (nSPS) is 15.9. The molecule has 0 aromatic heterocycles. The molecule has 2 aromatic rings. The number of halogens is 1. The first-order valence-corrected chi connectivity index (χ1v) is 8.04. The molecule has 3 heteroatoms. The van der Waals surface area contributed by atoms with Crippen LogP contribution in [0.25, 0.3) is 11.1 Å². The third-order valence-corrected chi connectivity index (χ3v) is 4.51. The maximum atomic E-state index is 13.1. The lowest BCUT2D eigenvalue weighted by molar-refractivity contribution is -0.131. The lowest BCUT2D eigenvalue weighted by atomic mass is 9.79. The number of hydrogen-bond acceptors (Lipinski definition) is 2. The van der Waals surface area contributed by atoms with Gasteiger partial charge in [0.2, 0.25) is 0 Å². The Hall–Kier alpha value is -2.29. The van der Waals surface area contributed by atoms with Crippen LogP contribution in [0.3, 0.4) is 0 Å². The van der Waals surface area contributed by atoms with Crippen LogP contribution in [0.1, 0.15) is 43.2 Å². The molecule has 0 N–H and O–H groups in total. The largest absolute Gasteiger partial charge is 0.299 e. The lowest BCUT2D eigenvalue weighted by Gasteiger charge is -2.22. The van der Waals surface area contributed by atoms with Gasteiger partial charge in [-0.25, -0.2) is 4.39 Å². The van der Waals surface area contributed by atoms with Crippen molar-refractivity contribution in [1.29, 1.82) is 0 Å². The minimum Gasteiger partial charge on any atom is -0.299 e. The highest BCUT2D eigenvalue weighted by molar-refractivity contribution is 6.09. The summed E-state index contributed by atoms with van der Waals surface area (Å²) in [5.41, 5.74) is 3.64. The Morgan fingerprint density at radius 2 is 1.57 bits per heavy atom. The fourth-order valence-corrected chi connectivity index (χ4v) is 3.26. The second kappa shape index (κ2) is 6.45. The Morgan fingerprint density at radius 3 is 2.17 bits per heavy atom. The molecule has 0 heterocycles. The van der Waals surface area contributed by atoms with E-state index < -0.39 is 5.92 Å². The van der Waals surface area contributed by atoms with E-state index in [0.717, 1.165) is 28.7 Å². The van der Waals surface area contributed by atoms with Gasteiger partial charge in [-0.3, -0.25) is 9.59 Å². The van der Waals surface area contributed by atoms with Crippen molar-refractivity contribution in [2.45, 2.75) is 38.5 Å². The highest BCUT2D eigenvalue weighted by Gasteiger charge is 2.32. The van der Waals surface area contributed by atoms with E-state index in [1.54, 1.807) is 12.1 Å². The molecule has 0 spiro atoms. The monoisotopic (exact) mass is 310 g/mol. The fourth-order valence-electron chi connectivity index (χ4n) is 3.26. The highest BCUT2D eigenvalue weighted by atomic mass is 19.1. The van der Waals surface area contributed by atoms with E-state index in [9.17, 15) is 14.0 Å². The van der Waals surface area contributed by atoms with E-state index in [-0.39, 0.29) is 17.4 Å². The molecule has 0 unspecified atom stereocenters. The van der Waals surface area contributed by atoms with Crippen molar-refractivity contribution >= 4 is 11.6 Å². The Bertz CT molecular complexity index is 731. The highest BCUT2D eigenvalue weighted by Crippen LogP contribution is 2.33. The summed E-state index contributed by atoms with van der Waals surface area (Å²) in [7, 11) is 0. The van der Waals surface area contributed by atoms with E-state index >= 15 is 0 Å². The SMILES string of the molecule is CCc1ccc(-c2ccc(F)cc2)cc1C1C(=O)CCCC1=O. The molecule has 0 aliphatic heterocycles. The maximum absolute atomic E-state index is 13.1. The molecule has 1 fully saturated rings.